The zero-order chi connectivity index (χ0) is 22.2. The molecule has 0 spiro atoms. The van der Waals surface area contributed by atoms with Crippen LogP contribution in [-0.4, -0.2) is 34.3 Å². The predicted octanol–water partition coefficient (Wildman–Crippen LogP) is 5.21. The monoisotopic (exact) mass is 451 g/mol. The smallest absolute Gasteiger partial charge is 0.438 e. The van der Waals surface area contributed by atoms with Crippen LogP contribution in [0.3, 0.4) is 0 Å². The lowest BCUT2D eigenvalue weighted by molar-refractivity contribution is -0.254. The summed E-state index contributed by atoms with van der Waals surface area (Å²) in [5.41, 5.74) is -1.84. The van der Waals surface area contributed by atoms with E-state index in [-0.39, 0.29) is 10.8 Å². The molecular formula is C21H17F4N3O2S. The minimum Gasteiger partial charge on any atom is -0.494 e. The van der Waals surface area contributed by atoms with Gasteiger partial charge in [0, 0.05) is 10.9 Å². The number of hydrogen-bond acceptors (Lipinski definition) is 6. The van der Waals surface area contributed by atoms with Crippen LogP contribution in [0.4, 0.5) is 22.7 Å². The summed E-state index contributed by atoms with van der Waals surface area (Å²) in [6.45, 7) is 2.28. The second-order valence-electron chi connectivity index (χ2n) is 6.83. The molecule has 3 aromatic rings. The highest BCUT2D eigenvalue weighted by molar-refractivity contribution is 7.14. The van der Waals surface area contributed by atoms with Crippen LogP contribution in [0.5, 0.6) is 5.75 Å². The van der Waals surface area contributed by atoms with Crippen LogP contribution in [0, 0.1) is 5.82 Å². The first-order valence-electron chi connectivity index (χ1n) is 9.33. The predicted molar refractivity (Wildman–Crippen MR) is 110 cm³/mol. The topological polar surface area (TPSA) is 58.0 Å². The molecule has 31 heavy (non-hydrogen) atoms. The first kappa shape index (κ1) is 21.3. The quantitative estimate of drug-likeness (QED) is 0.541. The van der Waals surface area contributed by atoms with Gasteiger partial charge in [0.1, 0.15) is 11.6 Å². The first-order chi connectivity index (χ1) is 14.7. The van der Waals surface area contributed by atoms with Gasteiger partial charge in [-0.3, -0.25) is 0 Å². The summed E-state index contributed by atoms with van der Waals surface area (Å²) in [6.07, 6.45) is -5.73. The van der Waals surface area contributed by atoms with Gasteiger partial charge in [-0.25, -0.2) is 9.37 Å². The molecule has 2 aromatic carbocycles. The minimum atomic E-state index is -4.98. The number of hydrogen-bond donors (Lipinski definition) is 1. The maximum Gasteiger partial charge on any atom is 0.438 e. The average molecular weight is 451 g/mol. The van der Waals surface area contributed by atoms with Crippen molar-refractivity contribution < 1.29 is 27.4 Å². The van der Waals surface area contributed by atoms with Crippen LogP contribution in [0.15, 0.2) is 59.0 Å². The van der Waals surface area contributed by atoms with Crippen LogP contribution in [0.1, 0.15) is 18.9 Å². The molecule has 2 heterocycles. The Morgan fingerprint density at radius 2 is 1.74 bits per heavy atom. The second-order valence-corrected chi connectivity index (χ2v) is 7.67. The molecule has 10 heteroatoms. The van der Waals surface area contributed by atoms with E-state index < -0.39 is 24.1 Å². The molecule has 1 aromatic heterocycles. The van der Waals surface area contributed by atoms with Gasteiger partial charge >= 0.3 is 6.18 Å². The lowest BCUT2D eigenvalue weighted by Gasteiger charge is -2.32. The standard InChI is InChI=1S/C21H17F4N3O2S/c1-2-30-16-9-5-13(6-10-16)17-11-20(29,21(23,24)25)28(27-17)19-26-18(12-31-19)14-3-7-15(22)8-4-14/h3-10,12,29H,2,11H2,1H3/t20-/m1/s1. The van der Waals surface area contributed by atoms with Gasteiger partial charge < -0.3 is 9.84 Å². The van der Waals surface area contributed by atoms with Crippen molar-refractivity contribution in [3.05, 3.63) is 65.3 Å². The van der Waals surface area contributed by atoms with Crippen molar-refractivity contribution in [1.29, 1.82) is 0 Å². The van der Waals surface area contributed by atoms with E-state index in [0.717, 1.165) is 11.3 Å². The number of aliphatic hydroxyl groups is 1. The van der Waals surface area contributed by atoms with Gasteiger partial charge in [-0.1, -0.05) is 0 Å². The Balaban J connectivity index is 1.70. The van der Waals surface area contributed by atoms with Crippen LogP contribution in [0.25, 0.3) is 11.3 Å². The van der Waals surface area contributed by atoms with Gasteiger partial charge in [0.05, 0.1) is 24.4 Å². The zero-order valence-electron chi connectivity index (χ0n) is 16.2. The number of ether oxygens (including phenoxy) is 1. The van der Waals surface area contributed by atoms with Crippen molar-refractivity contribution in [1.82, 2.24) is 4.98 Å². The van der Waals surface area contributed by atoms with Crippen molar-refractivity contribution in [2.45, 2.75) is 25.2 Å². The van der Waals surface area contributed by atoms with Crippen LogP contribution < -0.4 is 9.75 Å². The first-order valence-corrected chi connectivity index (χ1v) is 10.2. The van der Waals surface area contributed by atoms with Crippen LogP contribution >= 0.6 is 11.3 Å². The summed E-state index contributed by atoms with van der Waals surface area (Å²) in [7, 11) is 0. The van der Waals surface area contributed by atoms with Crippen molar-refractivity contribution in [2.75, 3.05) is 11.6 Å². The number of nitrogens with zero attached hydrogens (tertiary/aromatic N) is 3. The Bertz CT molecular complexity index is 1100. The normalized spacial score (nSPS) is 18.9. The second kappa shape index (κ2) is 7.93. The third-order valence-corrected chi connectivity index (χ3v) is 5.57. The van der Waals surface area contributed by atoms with Crippen LogP contribution in [0.2, 0.25) is 0 Å². The molecular weight excluding hydrogens is 434 g/mol. The lowest BCUT2D eigenvalue weighted by Crippen LogP contribution is -2.55. The number of alkyl halides is 3. The van der Waals surface area contributed by atoms with E-state index in [9.17, 15) is 22.7 Å². The Labute approximate surface area is 179 Å². The molecule has 0 aliphatic carbocycles. The fourth-order valence-electron chi connectivity index (χ4n) is 3.15. The van der Waals surface area contributed by atoms with E-state index in [2.05, 4.69) is 10.1 Å². The molecule has 0 unspecified atom stereocenters. The molecule has 0 saturated heterocycles. The average Bonchev–Trinajstić information content (AvgIpc) is 3.34. The maximum absolute atomic E-state index is 13.9. The number of rotatable bonds is 5. The molecule has 1 aliphatic rings. The Hall–Kier alpha value is -2.98. The van der Waals surface area contributed by atoms with Gasteiger partial charge in [0.2, 0.25) is 5.13 Å². The van der Waals surface area contributed by atoms with E-state index in [0.29, 0.717) is 34.2 Å². The molecule has 5 nitrogen and oxygen atoms in total. The molecule has 0 fully saturated rings. The van der Waals surface area contributed by atoms with Crippen molar-refractivity contribution in [2.24, 2.45) is 5.10 Å². The number of benzene rings is 2. The zero-order valence-corrected chi connectivity index (χ0v) is 17.0. The summed E-state index contributed by atoms with van der Waals surface area (Å²) >= 11 is 0.905. The number of anilines is 1. The third-order valence-electron chi connectivity index (χ3n) is 4.75. The highest BCUT2D eigenvalue weighted by Gasteiger charge is 2.62. The highest BCUT2D eigenvalue weighted by Crippen LogP contribution is 2.45. The number of halogens is 4. The molecule has 4 rings (SSSR count). The molecule has 0 saturated carbocycles. The summed E-state index contributed by atoms with van der Waals surface area (Å²) in [4.78, 5) is 4.20. The van der Waals surface area contributed by atoms with Gasteiger partial charge in [-0.15, -0.1) is 11.3 Å². The Morgan fingerprint density at radius 3 is 2.35 bits per heavy atom. The van der Waals surface area contributed by atoms with Crippen molar-refractivity contribution >= 4 is 22.2 Å². The lowest BCUT2D eigenvalue weighted by atomic mass is 10.0. The molecule has 1 N–H and O–H groups in total. The highest BCUT2D eigenvalue weighted by atomic mass is 32.1. The number of thiazole rings is 1. The number of aromatic nitrogens is 1. The van der Waals surface area contributed by atoms with E-state index in [1.807, 2.05) is 6.92 Å². The Kier molecular flexibility index (Phi) is 5.44. The molecule has 0 radical (unpaired) electrons. The fourth-order valence-corrected chi connectivity index (χ4v) is 4.00. The van der Waals surface area contributed by atoms with E-state index in [1.165, 1.54) is 29.6 Å². The molecule has 1 atom stereocenters. The minimum absolute atomic E-state index is 0.0707. The fraction of sp³-hybridized carbons (Fsp3) is 0.238. The molecule has 0 bridgehead atoms. The molecule has 162 valence electrons. The van der Waals surface area contributed by atoms with Gasteiger partial charge in [-0.05, 0) is 61.0 Å². The third kappa shape index (κ3) is 4.00. The molecule has 1 aliphatic heterocycles. The van der Waals surface area contributed by atoms with Crippen LogP contribution in [-0.2, 0) is 0 Å². The van der Waals surface area contributed by atoms with Gasteiger partial charge in [-0.2, -0.15) is 23.3 Å². The van der Waals surface area contributed by atoms with Crippen molar-refractivity contribution in [3.8, 4) is 17.0 Å². The number of hydrazone groups is 1. The maximum atomic E-state index is 13.9. The van der Waals surface area contributed by atoms with E-state index >= 15 is 0 Å². The summed E-state index contributed by atoms with van der Waals surface area (Å²) in [6, 6.07) is 11.9. The largest absolute Gasteiger partial charge is 0.494 e. The van der Waals surface area contributed by atoms with Gasteiger partial charge in [0.25, 0.3) is 5.72 Å². The Morgan fingerprint density at radius 1 is 1.10 bits per heavy atom. The summed E-state index contributed by atoms with van der Waals surface area (Å²) in [5.74, 6) is 0.145. The SMILES string of the molecule is CCOc1ccc(C2=NN(c3nc(-c4ccc(F)cc4)cs3)[C@](O)(C(F)(F)F)C2)cc1. The summed E-state index contributed by atoms with van der Waals surface area (Å²) in [5, 5.41) is 16.6. The molecule has 0 amide bonds. The van der Waals surface area contributed by atoms with Gasteiger partial charge in [0.15, 0.2) is 0 Å². The summed E-state index contributed by atoms with van der Waals surface area (Å²) < 4.78 is 60.1. The van der Waals surface area contributed by atoms with Crippen molar-refractivity contribution in [3.63, 3.8) is 0 Å². The van der Waals surface area contributed by atoms with E-state index in [4.69, 9.17) is 4.74 Å². The van der Waals surface area contributed by atoms with E-state index in [1.54, 1.807) is 24.3 Å².